The van der Waals surface area contributed by atoms with Crippen LogP contribution in [0.15, 0.2) is 71.8 Å². The van der Waals surface area contributed by atoms with Gasteiger partial charge in [0, 0.05) is 36.7 Å². The Morgan fingerprint density at radius 3 is 2.18 bits per heavy atom. The number of ether oxygens (including phenoxy) is 7. The van der Waals surface area contributed by atoms with E-state index in [1.165, 1.54) is 13.8 Å². The predicted molar refractivity (Wildman–Crippen MR) is 231 cm³/mol. The minimum absolute atomic E-state index is 0.0758. The maximum Gasteiger partial charge on any atom is 0.509 e. The molecule has 4 fully saturated rings. The first kappa shape index (κ1) is 49.9. The number of amides is 1. The molecule has 4 aliphatic carbocycles. The average Bonchev–Trinajstić information content (AvgIpc) is 4.12. The maximum absolute atomic E-state index is 15.8. The molecular weight excluding hydrogens is 897 g/mol. The number of ketones is 1. The molecule has 1 heterocycles. The number of carbonyl (C=O) groups excluding carboxylic acids is 6. The molecule has 2 aromatic carbocycles. The molecule has 1 aliphatic heterocycles. The lowest BCUT2D eigenvalue weighted by molar-refractivity contribution is -0.344. The third kappa shape index (κ3) is 9.31. The standard InChI is InChI=1S/C47H58NO18P/c1-8-59-43(54)65-37(35(28-15-11-9-12-16-28)48-40(51)29-17-13-10-14-18-29)42(53)64-31-22-47(55)26(3)38-45(7,39(50)36(63-27(4)49)34(25(31)2)44(47,5)6)32(61-24-62-67(56,57)58)21-33-46(38,23-60-33)66-41(52)30-19-20-30/h9-18,26,30-33,35-38,55H,8,19-24H2,1-7H3,(H,48,51)(H2,56,57,58)/t26-,31?,32-,33+,35-,36+,37+,38?,45+,46-,47+/m0/s1. The van der Waals surface area contributed by atoms with Crippen molar-refractivity contribution >= 4 is 43.6 Å². The van der Waals surface area contributed by atoms with E-state index in [4.69, 9.17) is 33.2 Å². The van der Waals surface area contributed by atoms with Gasteiger partial charge in [0.05, 0.1) is 36.3 Å². The molecule has 1 amide bonds. The van der Waals surface area contributed by atoms with E-state index >= 15 is 4.79 Å². The molecule has 7 rings (SSSR count). The van der Waals surface area contributed by atoms with Gasteiger partial charge in [0.15, 0.2) is 24.3 Å². The van der Waals surface area contributed by atoms with Crippen LogP contribution < -0.4 is 5.32 Å². The number of aliphatic hydroxyl groups is 1. The number of Topliss-reactive ketones (excluding diaryl/α,β-unsaturated/α-hetero) is 1. The van der Waals surface area contributed by atoms with Crippen LogP contribution >= 0.6 is 7.82 Å². The number of hydrogen-bond donors (Lipinski definition) is 4. The lowest BCUT2D eigenvalue weighted by atomic mass is 9.42. The third-order valence-corrected chi connectivity index (χ3v) is 14.9. The number of hydrogen-bond acceptors (Lipinski definition) is 16. The van der Waals surface area contributed by atoms with E-state index in [9.17, 15) is 43.4 Å². The Balaban J connectivity index is 1.36. The van der Waals surface area contributed by atoms with Crippen molar-refractivity contribution in [2.75, 3.05) is 20.0 Å². The molecule has 364 valence electrons. The normalized spacial score (nSPS) is 31.8. The van der Waals surface area contributed by atoms with E-state index in [0.29, 0.717) is 18.4 Å². The largest absolute Gasteiger partial charge is 0.509 e. The van der Waals surface area contributed by atoms with Crippen LogP contribution in [0.4, 0.5) is 4.79 Å². The summed E-state index contributed by atoms with van der Waals surface area (Å²) in [5.74, 6) is -6.70. The first-order chi connectivity index (χ1) is 31.5. The van der Waals surface area contributed by atoms with E-state index in [1.54, 1.807) is 88.4 Å². The smallest absolute Gasteiger partial charge is 0.455 e. The van der Waals surface area contributed by atoms with Crippen LogP contribution in [0.1, 0.15) is 96.1 Å². The molecule has 4 N–H and O–H groups in total. The van der Waals surface area contributed by atoms with Gasteiger partial charge in [-0.05, 0) is 68.4 Å². The molecule has 67 heavy (non-hydrogen) atoms. The summed E-state index contributed by atoms with van der Waals surface area (Å²) in [6, 6.07) is 15.0. The minimum Gasteiger partial charge on any atom is -0.455 e. The highest BCUT2D eigenvalue weighted by Crippen LogP contribution is 2.66. The fraction of sp³-hybridized carbons (Fsp3) is 0.574. The van der Waals surface area contributed by atoms with Crippen molar-refractivity contribution in [3.63, 3.8) is 0 Å². The Hall–Kier alpha value is -5.01. The quantitative estimate of drug-likeness (QED) is 0.0613. The van der Waals surface area contributed by atoms with Crippen LogP contribution in [0.2, 0.25) is 0 Å². The summed E-state index contributed by atoms with van der Waals surface area (Å²) in [4.78, 5) is 104. The Labute approximate surface area is 387 Å². The zero-order chi connectivity index (χ0) is 48.9. The van der Waals surface area contributed by atoms with E-state index in [2.05, 4.69) is 9.84 Å². The summed E-state index contributed by atoms with van der Waals surface area (Å²) in [6.07, 6.45) is -7.94. The fourth-order valence-electron chi connectivity index (χ4n) is 11.0. The van der Waals surface area contributed by atoms with Gasteiger partial charge in [-0.2, -0.15) is 0 Å². The van der Waals surface area contributed by atoms with Crippen LogP contribution in [-0.2, 0) is 61.4 Å². The highest BCUT2D eigenvalue weighted by molar-refractivity contribution is 7.46. The monoisotopic (exact) mass is 955 g/mol. The number of rotatable bonds is 15. The second-order valence-corrected chi connectivity index (χ2v) is 19.9. The molecule has 19 nitrogen and oxygen atoms in total. The molecule has 5 aliphatic rings. The van der Waals surface area contributed by atoms with E-state index in [1.807, 2.05) is 0 Å². The Kier molecular flexibility index (Phi) is 14.0. The number of carbonyl (C=O) groups is 6. The maximum atomic E-state index is 15.8. The molecule has 11 atom stereocenters. The SMILES string of the molecule is CCOC(=O)O[C@@H](C(=O)OC1C[C@@]2(O)[C@@H](C)C3[C@](C)(C(=O)[C@H](OC(C)=O)C(=C1C)C2(C)C)[C@@H](OCOP(=O)(O)O)C[C@H]1OC[C@@]31OC(=O)C1CC1)[C@@H](NC(=O)c1ccccc1)c1ccccc1. The lowest BCUT2D eigenvalue weighted by Crippen LogP contribution is -2.80. The molecule has 2 aromatic rings. The van der Waals surface area contributed by atoms with Gasteiger partial charge in [-0.3, -0.25) is 23.7 Å². The summed E-state index contributed by atoms with van der Waals surface area (Å²) in [7, 11) is -5.07. The lowest BCUT2D eigenvalue weighted by Gasteiger charge is -2.68. The van der Waals surface area contributed by atoms with Crippen molar-refractivity contribution < 1.29 is 85.9 Å². The summed E-state index contributed by atoms with van der Waals surface area (Å²) >= 11 is 0. The van der Waals surface area contributed by atoms with Gasteiger partial charge in [0.25, 0.3) is 5.91 Å². The van der Waals surface area contributed by atoms with Gasteiger partial charge in [-0.25, -0.2) is 14.2 Å². The van der Waals surface area contributed by atoms with E-state index < -0.39 is 127 Å². The van der Waals surface area contributed by atoms with Gasteiger partial charge in [0.2, 0.25) is 6.10 Å². The van der Waals surface area contributed by atoms with Crippen LogP contribution in [0.5, 0.6) is 0 Å². The second-order valence-electron chi connectivity index (χ2n) is 18.7. The van der Waals surface area contributed by atoms with Gasteiger partial charge < -0.3 is 53.4 Å². The number of phosphoric acid groups is 1. The highest BCUT2D eigenvalue weighted by atomic mass is 31.2. The number of fused-ring (bicyclic) bond motifs is 5. The summed E-state index contributed by atoms with van der Waals surface area (Å²) in [5.41, 5.74) is -6.10. The summed E-state index contributed by atoms with van der Waals surface area (Å²) in [5, 5.41) is 16.5. The zero-order valence-electron chi connectivity index (χ0n) is 38.3. The van der Waals surface area contributed by atoms with Gasteiger partial charge in [-0.15, -0.1) is 0 Å². The first-order valence-electron chi connectivity index (χ1n) is 22.3. The van der Waals surface area contributed by atoms with Gasteiger partial charge >= 0.3 is 31.9 Å². The van der Waals surface area contributed by atoms with Crippen molar-refractivity contribution in [1.82, 2.24) is 5.32 Å². The second kappa shape index (κ2) is 18.8. The number of nitrogens with one attached hydrogen (secondary N) is 1. The Morgan fingerprint density at radius 2 is 1.61 bits per heavy atom. The number of phosphoric ester groups is 1. The zero-order valence-corrected chi connectivity index (χ0v) is 39.2. The number of benzene rings is 2. The molecular formula is C47H58NO18P. The van der Waals surface area contributed by atoms with E-state index in [-0.39, 0.29) is 42.8 Å². The molecule has 3 saturated carbocycles. The Morgan fingerprint density at radius 1 is 0.970 bits per heavy atom. The van der Waals surface area contributed by atoms with Crippen molar-refractivity contribution in [2.45, 2.75) is 122 Å². The minimum atomic E-state index is -5.07. The van der Waals surface area contributed by atoms with E-state index in [0.717, 1.165) is 6.92 Å². The predicted octanol–water partition coefficient (Wildman–Crippen LogP) is 4.81. The van der Waals surface area contributed by atoms with Crippen molar-refractivity contribution in [1.29, 1.82) is 0 Å². The number of esters is 3. The summed E-state index contributed by atoms with van der Waals surface area (Å²) < 4.78 is 57.9. The van der Waals surface area contributed by atoms with Crippen LogP contribution in [0, 0.1) is 28.6 Å². The van der Waals surface area contributed by atoms with Gasteiger partial charge in [0.1, 0.15) is 18.2 Å². The highest BCUT2D eigenvalue weighted by Gasteiger charge is 2.77. The molecule has 0 spiro atoms. The van der Waals surface area contributed by atoms with Crippen molar-refractivity contribution in [3.05, 3.63) is 82.9 Å². The van der Waals surface area contributed by atoms with Gasteiger partial charge in [-0.1, -0.05) is 69.3 Å². The topological polar surface area (TPSA) is 266 Å². The summed E-state index contributed by atoms with van der Waals surface area (Å²) in [6.45, 7) is 9.37. The Bertz CT molecular complexity index is 2330. The average molecular weight is 956 g/mol. The molecule has 0 aromatic heterocycles. The molecule has 2 unspecified atom stereocenters. The molecule has 20 heteroatoms. The van der Waals surface area contributed by atoms with Crippen LogP contribution in [-0.4, -0.2) is 112 Å². The molecule has 2 bridgehead atoms. The van der Waals surface area contributed by atoms with Crippen molar-refractivity contribution in [3.8, 4) is 0 Å². The van der Waals surface area contributed by atoms with Crippen LogP contribution in [0.3, 0.4) is 0 Å². The van der Waals surface area contributed by atoms with Crippen molar-refractivity contribution in [2.24, 2.45) is 28.6 Å². The molecule has 0 radical (unpaired) electrons. The third-order valence-electron chi connectivity index (χ3n) is 14.5. The fourth-order valence-corrected chi connectivity index (χ4v) is 11.2. The first-order valence-corrected chi connectivity index (χ1v) is 23.8. The van der Waals surface area contributed by atoms with Crippen LogP contribution in [0.25, 0.3) is 0 Å². The molecule has 1 saturated heterocycles.